The van der Waals surface area contributed by atoms with E-state index in [9.17, 15) is 9.59 Å². The fourth-order valence-electron chi connectivity index (χ4n) is 3.47. The molecule has 3 aliphatic rings. The van der Waals surface area contributed by atoms with E-state index in [1.807, 2.05) is 24.3 Å². The lowest BCUT2D eigenvalue weighted by Gasteiger charge is -2.28. The Hall–Kier alpha value is -1.88. The van der Waals surface area contributed by atoms with Crippen LogP contribution in [0.4, 0.5) is 4.79 Å². The molecule has 3 aliphatic heterocycles. The number of nitrogens with zero attached hydrogens (tertiary/aromatic N) is 2. The van der Waals surface area contributed by atoms with Gasteiger partial charge in [0, 0.05) is 13.2 Å². The topological polar surface area (TPSA) is 49.9 Å². The largest absolute Gasteiger partial charge is 0.379 e. The van der Waals surface area contributed by atoms with E-state index >= 15 is 0 Å². The van der Waals surface area contributed by atoms with Gasteiger partial charge in [-0.2, -0.15) is 0 Å². The minimum absolute atomic E-state index is 0.0855. The second kappa shape index (κ2) is 4.31. The number of ether oxygens (including phenoxy) is 1. The number of carbonyl (C=O) groups excluding carboxylic acids is 2. The highest BCUT2D eigenvalue weighted by Gasteiger charge is 2.50. The van der Waals surface area contributed by atoms with Gasteiger partial charge in [-0.1, -0.05) is 24.3 Å². The molecular formula is C15H16N2O3. The average Bonchev–Trinajstić information content (AvgIpc) is 3.07. The van der Waals surface area contributed by atoms with Gasteiger partial charge in [-0.15, -0.1) is 0 Å². The molecule has 0 radical (unpaired) electrons. The first-order chi connectivity index (χ1) is 9.77. The van der Waals surface area contributed by atoms with Gasteiger partial charge in [0.1, 0.15) is 6.04 Å². The zero-order valence-electron chi connectivity index (χ0n) is 11.1. The van der Waals surface area contributed by atoms with Crippen LogP contribution in [0.5, 0.6) is 0 Å². The van der Waals surface area contributed by atoms with Crippen molar-refractivity contribution >= 4 is 11.9 Å². The highest BCUT2D eigenvalue weighted by molar-refractivity contribution is 6.05. The molecule has 104 valence electrons. The summed E-state index contributed by atoms with van der Waals surface area (Å²) in [6.45, 7) is 1.72. The van der Waals surface area contributed by atoms with E-state index in [2.05, 4.69) is 0 Å². The van der Waals surface area contributed by atoms with Crippen molar-refractivity contribution in [3.05, 3.63) is 35.4 Å². The lowest BCUT2D eigenvalue weighted by atomic mass is 9.93. The van der Waals surface area contributed by atoms with Crippen molar-refractivity contribution in [3.63, 3.8) is 0 Å². The van der Waals surface area contributed by atoms with Crippen LogP contribution in [0.15, 0.2) is 24.3 Å². The molecule has 3 heterocycles. The van der Waals surface area contributed by atoms with Crippen molar-refractivity contribution in [2.75, 3.05) is 19.8 Å². The summed E-state index contributed by atoms with van der Waals surface area (Å²) in [6, 6.07) is 7.27. The normalized spacial score (nSPS) is 28.8. The van der Waals surface area contributed by atoms with E-state index in [0.717, 1.165) is 18.4 Å². The summed E-state index contributed by atoms with van der Waals surface area (Å²) >= 11 is 0. The average molecular weight is 272 g/mol. The monoisotopic (exact) mass is 272 g/mol. The van der Waals surface area contributed by atoms with Crippen LogP contribution in [-0.2, 0) is 16.0 Å². The third-order valence-corrected chi connectivity index (χ3v) is 4.48. The second-order valence-electron chi connectivity index (χ2n) is 5.55. The molecule has 0 bridgehead atoms. The van der Waals surface area contributed by atoms with Gasteiger partial charge in [0.15, 0.2) is 0 Å². The molecule has 5 heteroatoms. The smallest absolute Gasteiger partial charge is 0.328 e. The number of hydrogen-bond acceptors (Lipinski definition) is 3. The van der Waals surface area contributed by atoms with Gasteiger partial charge in [-0.05, 0) is 24.0 Å². The Bertz CT molecular complexity index is 580. The number of fused-ring (bicyclic) bond motifs is 3. The molecule has 0 aromatic heterocycles. The Balaban J connectivity index is 1.74. The Kier molecular flexibility index (Phi) is 2.57. The number of benzene rings is 1. The van der Waals surface area contributed by atoms with Crippen LogP contribution >= 0.6 is 0 Å². The van der Waals surface area contributed by atoms with Gasteiger partial charge >= 0.3 is 6.03 Å². The summed E-state index contributed by atoms with van der Waals surface area (Å²) in [5.41, 5.74) is 2.16. The van der Waals surface area contributed by atoms with Gasteiger partial charge in [-0.25, -0.2) is 4.79 Å². The number of hydrogen-bond donors (Lipinski definition) is 0. The molecule has 0 saturated carbocycles. The molecule has 2 unspecified atom stereocenters. The minimum atomic E-state index is -0.423. The number of rotatable bonds is 1. The molecule has 2 atom stereocenters. The van der Waals surface area contributed by atoms with Crippen LogP contribution in [0.2, 0.25) is 0 Å². The van der Waals surface area contributed by atoms with Crippen LogP contribution in [0, 0.1) is 0 Å². The number of urea groups is 1. The van der Waals surface area contributed by atoms with Crippen molar-refractivity contribution in [2.24, 2.45) is 0 Å². The van der Waals surface area contributed by atoms with Crippen LogP contribution in [0.3, 0.4) is 0 Å². The molecule has 0 N–H and O–H groups in total. The molecule has 5 nitrogen and oxygen atoms in total. The van der Waals surface area contributed by atoms with Gasteiger partial charge in [0.2, 0.25) is 0 Å². The number of carbonyl (C=O) groups is 2. The maximum atomic E-state index is 12.7. The summed E-state index contributed by atoms with van der Waals surface area (Å²) in [6.07, 6.45) is 1.57. The van der Waals surface area contributed by atoms with E-state index in [4.69, 9.17) is 4.74 Å². The molecule has 3 amide bonds. The summed E-state index contributed by atoms with van der Waals surface area (Å²) in [7, 11) is 0. The third kappa shape index (κ3) is 1.53. The first-order valence-electron chi connectivity index (χ1n) is 7.06. The van der Waals surface area contributed by atoms with Gasteiger partial charge in [0.05, 0.1) is 12.6 Å². The number of imide groups is 1. The summed E-state index contributed by atoms with van der Waals surface area (Å²) in [4.78, 5) is 28.4. The quantitative estimate of drug-likeness (QED) is 0.725. The Labute approximate surface area is 117 Å². The highest BCUT2D eigenvalue weighted by Crippen LogP contribution is 2.38. The predicted molar refractivity (Wildman–Crippen MR) is 71.1 cm³/mol. The fraction of sp³-hybridized carbons (Fsp3) is 0.467. The molecule has 4 rings (SSSR count). The summed E-state index contributed by atoms with van der Waals surface area (Å²) in [5, 5.41) is 0. The molecular weight excluding hydrogens is 256 g/mol. The first kappa shape index (κ1) is 11.9. The zero-order chi connectivity index (χ0) is 13.7. The molecule has 1 aromatic carbocycles. The molecule has 2 saturated heterocycles. The van der Waals surface area contributed by atoms with E-state index < -0.39 is 6.04 Å². The summed E-state index contributed by atoms with van der Waals surface area (Å²) in [5.74, 6) is -0.0855. The Morgan fingerprint density at radius 2 is 2.05 bits per heavy atom. The van der Waals surface area contributed by atoms with Crippen LogP contribution in [0.25, 0.3) is 0 Å². The standard InChI is InChI=1S/C15H16N2O3/c18-14-13-12-4-2-1-3-10(12)5-7-16(13)15(19)17(14)11-6-8-20-9-11/h1-4,11,13H,5-9H2. The Morgan fingerprint density at radius 1 is 1.20 bits per heavy atom. The Morgan fingerprint density at radius 3 is 2.85 bits per heavy atom. The van der Waals surface area contributed by atoms with E-state index in [0.29, 0.717) is 19.8 Å². The van der Waals surface area contributed by atoms with Crippen molar-refractivity contribution in [1.82, 2.24) is 9.80 Å². The van der Waals surface area contributed by atoms with Crippen LogP contribution < -0.4 is 0 Å². The highest BCUT2D eigenvalue weighted by atomic mass is 16.5. The maximum absolute atomic E-state index is 12.7. The third-order valence-electron chi connectivity index (χ3n) is 4.48. The number of amides is 3. The molecule has 1 aromatic rings. The predicted octanol–water partition coefficient (Wildman–Crippen LogP) is 1.34. The molecule has 0 aliphatic carbocycles. The lowest BCUT2D eigenvalue weighted by Crippen LogP contribution is -2.42. The molecule has 0 spiro atoms. The van der Waals surface area contributed by atoms with Crippen LogP contribution in [-0.4, -0.2) is 47.5 Å². The maximum Gasteiger partial charge on any atom is 0.328 e. The van der Waals surface area contributed by atoms with Gasteiger partial charge < -0.3 is 9.64 Å². The fourth-order valence-corrected chi connectivity index (χ4v) is 3.47. The zero-order valence-corrected chi connectivity index (χ0v) is 11.1. The first-order valence-corrected chi connectivity index (χ1v) is 7.06. The van der Waals surface area contributed by atoms with Crippen molar-refractivity contribution < 1.29 is 14.3 Å². The van der Waals surface area contributed by atoms with Gasteiger partial charge in [0.25, 0.3) is 5.91 Å². The minimum Gasteiger partial charge on any atom is -0.379 e. The van der Waals surface area contributed by atoms with Gasteiger partial charge in [-0.3, -0.25) is 9.69 Å². The van der Waals surface area contributed by atoms with E-state index in [1.165, 1.54) is 10.5 Å². The summed E-state index contributed by atoms with van der Waals surface area (Å²) < 4.78 is 5.32. The SMILES string of the molecule is O=C1C2c3ccccc3CCN2C(=O)N1C1CCOC1. The van der Waals surface area contributed by atoms with Crippen LogP contribution in [0.1, 0.15) is 23.6 Å². The lowest BCUT2D eigenvalue weighted by molar-refractivity contribution is -0.130. The van der Waals surface area contributed by atoms with Crippen molar-refractivity contribution in [3.8, 4) is 0 Å². The molecule has 2 fully saturated rings. The van der Waals surface area contributed by atoms with E-state index in [-0.39, 0.29) is 18.0 Å². The van der Waals surface area contributed by atoms with E-state index in [1.54, 1.807) is 4.90 Å². The van der Waals surface area contributed by atoms with Crippen molar-refractivity contribution in [2.45, 2.75) is 24.9 Å². The van der Waals surface area contributed by atoms with Crippen molar-refractivity contribution in [1.29, 1.82) is 0 Å². The second-order valence-corrected chi connectivity index (χ2v) is 5.55. The molecule has 20 heavy (non-hydrogen) atoms.